The normalized spacial score (nSPS) is 8.92. The second-order valence-corrected chi connectivity index (χ2v) is 3.64. The third kappa shape index (κ3) is 2.98. The van der Waals surface area contributed by atoms with Crippen LogP contribution in [0.15, 0.2) is 11.4 Å². The van der Waals surface area contributed by atoms with Gasteiger partial charge in [0.2, 0.25) is 0 Å². The van der Waals surface area contributed by atoms with E-state index in [9.17, 15) is 4.79 Å². The summed E-state index contributed by atoms with van der Waals surface area (Å²) in [6.07, 6.45) is 4.96. The third-order valence-electron chi connectivity index (χ3n) is 1.22. The number of rotatable bonds is 2. The van der Waals surface area contributed by atoms with Crippen molar-refractivity contribution in [3.63, 3.8) is 0 Å². The molecule has 0 aliphatic carbocycles. The average Bonchev–Trinajstić information content (AvgIpc) is 2.48. The van der Waals surface area contributed by atoms with Gasteiger partial charge in [-0.15, -0.1) is 17.8 Å². The molecule has 0 radical (unpaired) electrons. The first kappa shape index (κ1) is 9.90. The number of terminal acetylenes is 1. The molecule has 5 heteroatoms. The Morgan fingerprint density at radius 1 is 1.77 bits per heavy atom. The number of carbonyl (C=O) groups is 1. The zero-order chi connectivity index (χ0) is 9.68. The summed E-state index contributed by atoms with van der Waals surface area (Å²) in [7, 11) is 0. The number of hydrogen-bond acceptors (Lipinski definition) is 2. The molecule has 0 unspecified atom stereocenters. The van der Waals surface area contributed by atoms with Gasteiger partial charge in [0.25, 0.3) is 0 Å². The van der Waals surface area contributed by atoms with Crippen molar-refractivity contribution in [2.75, 3.05) is 11.9 Å². The summed E-state index contributed by atoms with van der Waals surface area (Å²) in [5.41, 5.74) is 0.598. The van der Waals surface area contributed by atoms with Crippen LogP contribution in [0.2, 0.25) is 4.34 Å². The van der Waals surface area contributed by atoms with E-state index in [2.05, 4.69) is 16.6 Å². The Morgan fingerprint density at radius 2 is 2.54 bits per heavy atom. The van der Waals surface area contributed by atoms with Crippen LogP contribution in [0.3, 0.4) is 0 Å². The smallest absolute Gasteiger partial charge is 0.320 e. The standard InChI is InChI=1S/C8H7ClN2OS/c1-2-4-10-8(12)11-6-3-5-13-7(6)9/h1,3,5H,4H2,(H2,10,11,12). The topological polar surface area (TPSA) is 41.1 Å². The second kappa shape index (κ2) is 4.75. The van der Waals surface area contributed by atoms with Crippen molar-refractivity contribution in [2.45, 2.75) is 0 Å². The van der Waals surface area contributed by atoms with Gasteiger partial charge in [0.1, 0.15) is 4.34 Å². The highest BCUT2D eigenvalue weighted by molar-refractivity contribution is 7.15. The van der Waals surface area contributed by atoms with Gasteiger partial charge in [-0.05, 0) is 11.4 Å². The van der Waals surface area contributed by atoms with Crippen molar-refractivity contribution >= 4 is 34.7 Å². The summed E-state index contributed by atoms with van der Waals surface area (Å²) in [6, 6.07) is 1.38. The van der Waals surface area contributed by atoms with Crippen LogP contribution in [0, 0.1) is 12.3 Å². The van der Waals surface area contributed by atoms with E-state index >= 15 is 0 Å². The lowest BCUT2D eigenvalue weighted by Crippen LogP contribution is -2.28. The maximum atomic E-state index is 11.0. The number of thiophene rings is 1. The van der Waals surface area contributed by atoms with Crippen molar-refractivity contribution in [3.8, 4) is 12.3 Å². The van der Waals surface area contributed by atoms with E-state index in [1.54, 1.807) is 11.4 Å². The molecule has 1 aromatic heterocycles. The highest BCUT2D eigenvalue weighted by atomic mass is 35.5. The molecule has 0 saturated heterocycles. The summed E-state index contributed by atoms with van der Waals surface area (Å²) in [5.74, 6) is 2.29. The van der Waals surface area contributed by atoms with E-state index in [1.807, 2.05) is 0 Å². The minimum Gasteiger partial charge on any atom is -0.327 e. The fourth-order valence-electron chi connectivity index (χ4n) is 0.679. The van der Waals surface area contributed by atoms with E-state index in [-0.39, 0.29) is 12.6 Å². The summed E-state index contributed by atoms with van der Waals surface area (Å²) < 4.78 is 0.552. The van der Waals surface area contributed by atoms with Crippen molar-refractivity contribution < 1.29 is 4.79 Å². The molecular weight excluding hydrogens is 208 g/mol. The molecular formula is C8H7ClN2OS. The predicted molar refractivity (Wildman–Crippen MR) is 55.2 cm³/mol. The van der Waals surface area contributed by atoms with Gasteiger partial charge in [-0.2, -0.15) is 0 Å². The van der Waals surface area contributed by atoms with Crippen molar-refractivity contribution in [2.24, 2.45) is 0 Å². The van der Waals surface area contributed by atoms with Crippen LogP contribution >= 0.6 is 22.9 Å². The molecule has 1 rings (SSSR count). The Kier molecular flexibility index (Phi) is 3.62. The van der Waals surface area contributed by atoms with Gasteiger partial charge in [-0.3, -0.25) is 0 Å². The second-order valence-electron chi connectivity index (χ2n) is 2.12. The van der Waals surface area contributed by atoms with Crippen LogP contribution < -0.4 is 10.6 Å². The Bertz CT molecular complexity index is 342. The van der Waals surface area contributed by atoms with Gasteiger partial charge in [0.05, 0.1) is 12.2 Å². The molecule has 0 aromatic carbocycles. The number of urea groups is 1. The van der Waals surface area contributed by atoms with Crippen molar-refractivity contribution in [1.82, 2.24) is 5.32 Å². The summed E-state index contributed by atoms with van der Waals surface area (Å²) in [4.78, 5) is 11.0. The molecule has 68 valence electrons. The van der Waals surface area contributed by atoms with E-state index < -0.39 is 0 Å². The van der Waals surface area contributed by atoms with Crippen LogP contribution in [0.5, 0.6) is 0 Å². The maximum absolute atomic E-state index is 11.0. The van der Waals surface area contributed by atoms with E-state index in [0.717, 1.165) is 0 Å². The number of anilines is 1. The highest BCUT2D eigenvalue weighted by Gasteiger charge is 2.04. The van der Waals surface area contributed by atoms with E-state index in [1.165, 1.54) is 11.3 Å². The first-order valence-corrected chi connectivity index (χ1v) is 4.71. The summed E-state index contributed by atoms with van der Waals surface area (Å²) in [5, 5.41) is 6.81. The Labute approximate surface area is 85.1 Å². The van der Waals surface area contributed by atoms with Gasteiger partial charge >= 0.3 is 6.03 Å². The van der Waals surface area contributed by atoms with E-state index in [4.69, 9.17) is 18.0 Å². The summed E-state index contributed by atoms with van der Waals surface area (Å²) in [6.45, 7) is 0.202. The van der Waals surface area contributed by atoms with Crippen molar-refractivity contribution in [1.29, 1.82) is 0 Å². The molecule has 3 nitrogen and oxygen atoms in total. The number of halogens is 1. The van der Waals surface area contributed by atoms with Crippen LogP contribution in [0.4, 0.5) is 10.5 Å². The van der Waals surface area contributed by atoms with Gasteiger partial charge < -0.3 is 10.6 Å². The maximum Gasteiger partial charge on any atom is 0.320 e. The van der Waals surface area contributed by atoms with Gasteiger partial charge in [-0.1, -0.05) is 17.5 Å². The first-order chi connectivity index (χ1) is 6.24. The molecule has 0 atom stereocenters. The van der Waals surface area contributed by atoms with Gasteiger partial charge in [-0.25, -0.2) is 4.79 Å². The molecule has 0 bridgehead atoms. The molecule has 0 spiro atoms. The number of carbonyl (C=O) groups excluding carboxylic acids is 1. The number of amides is 2. The Morgan fingerprint density at radius 3 is 3.08 bits per heavy atom. The largest absolute Gasteiger partial charge is 0.327 e. The van der Waals surface area contributed by atoms with Gasteiger partial charge in [0, 0.05) is 0 Å². The Balaban J connectivity index is 2.46. The monoisotopic (exact) mass is 214 g/mol. The zero-order valence-electron chi connectivity index (χ0n) is 6.63. The van der Waals surface area contributed by atoms with Crippen molar-refractivity contribution in [3.05, 3.63) is 15.8 Å². The molecule has 1 aromatic rings. The fourth-order valence-corrected chi connectivity index (χ4v) is 1.51. The predicted octanol–water partition coefficient (Wildman–Crippen LogP) is 2.16. The Hall–Kier alpha value is -1.18. The lowest BCUT2D eigenvalue weighted by Gasteiger charge is -2.02. The van der Waals surface area contributed by atoms with Crippen LogP contribution in [-0.4, -0.2) is 12.6 Å². The van der Waals surface area contributed by atoms with E-state index in [0.29, 0.717) is 10.0 Å². The lowest BCUT2D eigenvalue weighted by atomic mass is 10.5. The number of nitrogens with one attached hydrogen (secondary N) is 2. The fraction of sp³-hybridized carbons (Fsp3) is 0.125. The average molecular weight is 215 g/mol. The minimum atomic E-state index is -0.349. The lowest BCUT2D eigenvalue weighted by molar-refractivity contribution is 0.253. The molecule has 0 fully saturated rings. The quantitative estimate of drug-likeness (QED) is 0.728. The molecule has 1 heterocycles. The first-order valence-electron chi connectivity index (χ1n) is 3.45. The minimum absolute atomic E-state index is 0.202. The zero-order valence-corrected chi connectivity index (χ0v) is 8.21. The summed E-state index contributed by atoms with van der Waals surface area (Å²) >= 11 is 7.11. The SMILES string of the molecule is C#CCNC(=O)Nc1ccsc1Cl. The van der Waals surface area contributed by atoms with Crippen LogP contribution in [0.1, 0.15) is 0 Å². The molecule has 2 N–H and O–H groups in total. The highest BCUT2D eigenvalue weighted by Crippen LogP contribution is 2.27. The molecule has 13 heavy (non-hydrogen) atoms. The molecule has 0 saturated carbocycles. The number of hydrogen-bond donors (Lipinski definition) is 2. The third-order valence-corrected chi connectivity index (χ3v) is 2.39. The molecule has 0 aliphatic heterocycles. The van der Waals surface area contributed by atoms with Gasteiger partial charge in [0.15, 0.2) is 0 Å². The van der Waals surface area contributed by atoms with Crippen LogP contribution in [0.25, 0.3) is 0 Å². The van der Waals surface area contributed by atoms with Crippen LogP contribution in [-0.2, 0) is 0 Å². The molecule has 0 aliphatic rings. The molecule has 2 amide bonds.